The molecule has 1 spiro atoms. The number of likely N-dealkylation sites (tertiary alicyclic amines) is 1. The fraction of sp³-hybridized carbons (Fsp3) is 0.514. The summed E-state index contributed by atoms with van der Waals surface area (Å²) >= 11 is 0. The van der Waals surface area contributed by atoms with Crippen LogP contribution >= 0.6 is 0 Å². The molecule has 1 saturated heterocycles. The number of aromatic nitrogens is 1. The zero-order chi connectivity index (χ0) is 30.1. The van der Waals surface area contributed by atoms with Crippen molar-refractivity contribution in [2.75, 3.05) is 34.2 Å². The Morgan fingerprint density at radius 1 is 0.977 bits per heavy atom. The van der Waals surface area contributed by atoms with Crippen LogP contribution in [0.3, 0.4) is 0 Å². The number of H-pyrrole nitrogens is 1. The summed E-state index contributed by atoms with van der Waals surface area (Å²) in [5.41, 5.74) is 4.34. The number of rotatable bonds is 6. The molecule has 1 aromatic heterocycles. The topological polar surface area (TPSA) is 88.7 Å². The van der Waals surface area contributed by atoms with Crippen molar-refractivity contribution in [3.05, 3.63) is 71.4 Å². The molecule has 4 amide bonds. The number of piperidine rings is 1. The largest absolute Gasteiger partial charge is 0.361 e. The summed E-state index contributed by atoms with van der Waals surface area (Å²) < 4.78 is 0. The highest BCUT2D eigenvalue weighted by Gasteiger charge is 2.48. The first-order valence-corrected chi connectivity index (χ1v) is 15.9. The second-order valence-corrected chi connectivity index (χ2v) is 13.2. The number of urea groups is 1. The molecule has 0 radical (unpaired) electrons. The smallest absolute Gasteiger partial charge is 0.318 e. The number of carbonyl (C=O) groups is 3. The van der Waals surface area contributed by atoms with Gasteiger partial charge in [-0.15, -0.1) is 0 Å². The van der Waals surface area contributed by atoms with Gasteiger partial charge in [0.1, 0.15) is 6.04 Å². The average Bonchev–Trinajstić information content (AvgIpc) is 3.59. The Hall–Kier alpha value is -3.81. The molecule has 2 fully saturated rings. The van der Waals surface area contributed by atoms with E-state index in [1.807, 2.05) is 61.4 Å². The van der Waals surface area contributed by atoms with Gasteiger partial charge in [0, 0.05) is 69.2 Å². The number of amides is 4. The van der Waals surface area contributed by atoms with Gasteiger partial charge in [0.05, 0.1) is 5.92 Å². The summed E-state index contributed by atoms with van der Waals surface area (Å²) in [7, 11) is 5.52. The van der Waals surface area contributed by atoms with Crippen molar-refractivity contribution >= 4 is 28.7 Å². The Labute approximate surface area is 254 Å². The van der Waals surface area contributed by atoms with Crippen molar-refractivity contribution in [3.63, 3.8) is 0 Å². The lowest BCUT2D eigenvalue weighted by atomic mass is 9.73. The number of hydrogen-bond acceptors (Lipinski definition) is 3. The number of carbonyl (C=O) groups excluding carboxylic acids is 3. The normalized spacial score (nSPS) is 20.5. The quantitative estimate of drug-likeness (QED) is 0.419. The molecule has 1 saturated carbocycles. The van der Waals surface area contributed by atoms with E-state index < -0.39 is 6.04 Å². The third kappa shape index (κ3) is 5.64. The summed E-state index contributed by atoms with van der Waals surface area (Å²) in [5, 5.41) is 4.23. The van der Waals surface area contributed by atoms with Crippen LogP contribution in [-0.4, -0.2) is 83.8 Å². The minimum Gasteiger partial charge on any atom is -0.361 e. The zero-order valence-electron chi connectivity index (χ0n) is 25.8. The van der Waals surface area contributed by atoms with Gasteiger partial charge in [-0.2, -0.15) is 0 Å². The molecule has 2 N–H and O–H groups in total. The van der Waals surface area contributed by atoms with Crippen molar-refractivity contribution in [2.24, 2.45) is 0 Å². The van der Waals surface area contributed by atoms with Crippen LogP contribution in [-0.2, 0) is 21.4 Å². The molecule has 8 heteroatoms. The maximum atomic E-state index is 14.2. The van der Waals surface area contributed by atoms with Crippen molar-refractivity contribution in [1.82, 2.24) is 25.0 Å². The van der Waals surface area contributed by atoms with E-state index in [1.54, 1.807) is 4.90 Å². The van der Waals surface area contributed by atoms with E-state index >= 15 is 0 Å². The predicted molar refractivity (Wildman–Crippen MR) is 169 cm³/mol. The number of aromatic amines is 1. The summed E-state index contributed by atoms with van der Waals surface area (Å²) in [6, 6.07) is 15.8. The maximum Gasteiger partial charge on any atom is 0.318 e. The summed E-state index contributed by atoms with van der Waals surface area (Å²) in [6.45, 7) is 1.21. The zero-order valence-corrected chi connectivity index (χ0v) is 25.8. The minimum absolute atomic E-state index is 0.0299. The molecular weight excluding hydrogens is 538 g/mol. The van der Waals surface area contributed by atoms with Gasteiger partial charge in [-0.3, -0.25) is 9.59 Å². The van der Waals surface area contributed by atoms with Gasteiger partial charge >= 0.3 is 6.03 Å². The first-order valence-electron chi connectivity index (χ1n) is 15.9. The first kappa shape index (κ1) is 29.3. The third-order valence-corrected chi connectivity index (χ3v) is 10.4. The lowest BCUT2D eigenvalue weighted by Crippen LogP contribution is -2.56. The van der Waals surface area contributed by atoms with Crippen molar-refractivity contribution < 1.29 is 14.4 Å². The van der Waals surface area contributed by atoms with E-state index in [1.165, 1.54) is 12.0 Å². The van der Waals surface area contributed by atoms with Gasteiger partial charge in [-0.05, 0) is 54.9 Å². The predicted octanol–water partition coefficient (Wildman–Crippen LogP) is 5.19. The van der Waals surface area contributed by atoms with E-state index in [0.717, 1.165) is 67.0 Å². The molecule has 8 nitrogen and oxygen atoms in total. The van der Waals surface area contributed by atoms with Gasteiger partial charge in [-0.1, -0.05) is 61.7 Å². The molecule has 2 heterocycles. The van der Waals surface area contributed by atoms with Crippen LogP contribution in [0.1, 0.15) is 74.0 Å². The van der Waals surface area contributed by atoms with Crippen molar-refractivity contribution in [3.8, 4) is 0 Å². The fourth-order valence-electron chi connectivity index (χ4n) is 7.88. The lowest BCUT2D eigenvalue weighted by Gasteiger charge is -2.41. The van der Waals surface area contributed by atoms with E-state index in [2.05, 4.69) is 34.6 Å². The van der Waals surface area contributed by atoms with Gasteiger partial charge in [0.15, 0.2) is 0 Å². The first-order chi connectivity index (χ1) is 20.8. The number of fused-ring (bicyclic) bond motifs is 3. The molecule has 2 aliphatic carbocycles. The molecular formula is C35H45N5O3. The second kappa shape index (κ2) is 12.1. The highest BCUT2D eigenvalue weighted by Crippen LogP contribution is 2.52. The molecule has 0 bridgehead atoms. The second-order valence-electron chi connectivity index (χ2n) is 13.2. The highest BCUT2D eigenvalue weighted by atomic mass is 16.2. The van der Waals surface area contributed by atoms with Crippen LogP contribution in [0.25, 0.3) is 10.9 Å². The maximum absolute atomic E-state index is 14.2. The Bertz CT molecular complexity index is 1480. The standard InChI is InChI=1S/C35H45N5O3/c1-38(2)32(41)28-22-35(29-15-9-7-14-27(28)29)17-19-40(20-18-35)33(42)31(21-24-23-36-30-16-10-8-13-26(24)30)37-34(43)39(3)25-11-5-4-6-12-25/h7-10,13-16,23,25,28,31,36H,4-6,11-12,17-22H2,1-3H3,(H,37,43)/t28-,31?/m1/s1. The Kier molecular flexibility index (Phi) is 8.21. The Morgan fingerprint density at radius 2 is 1.67 bits per heavy atom. The van der Waals surface area contributed by atoms with Crippen LogP contribution < -0.4 is 5.32 Å². The molecule has 3 aromatic rings. The minimum atomic E-state index is -0.661. The number of nitrogens with zero attached hydrogens (tertiary/aromatic N) is 3. The van der Waals surface area contributed by atoms with Gasteiger partial charge in [0.25, 0.3) is 0 Å². The van der Waals surface area contributed by atoms with Gasteiger partial charge in [-0.25, -0.2) is 4.79 Å². The van der Waals surface area contributed by atoms with Crippen LogP contribution in [0.5, 0.6) is 0 Å². The van der Waals surface area contributed by atoms with Gasteiger partial charge in [0.2, 0.25) is 11.8 Å². The van der Waals surface area contributed by atoms with Crippen LogP contribution in [0.15, 0.2) is 54.7 Å². The highest BCUT2D eigenvalue weighted by molar-refractivity contribution is 5.90. The van der Waals surface area contributed by atoms with Gasteiger partial charge < -0.3 is 25.0 Å². The number of para-hydroxylation sites is 1. The van der Waals surface area contributed by atoms with E-state index in [-0.39, 0.29) is 35.2 Å². The molecule has 43 heavy (non-hydrogen) atoms. The third-order valence-electron chi connectivity index (χ3n) is 10.4. The average molecular weight is 584 g/mol. The number of benzene rings is 2. The molecule has 228 valence electrons. The number of likely N-dealkylation sites (N-methyl/N-ethyl adjacent to an activating group) is 1. The van der Waals surface area contributed by atoms with E-state index in [4.69, 9.17) is 0 Å². The monoisotopic (exact) mass is 583 g/mol. The van der Waals surface area contributed by atoms with Crippen LogP contribution in [0, 0.1) is 0 Å². The lowest BCUT2D eigenvalue weighted by molar-refractivity contribution is -0.135. The number of nitrogens with one attached hydrogen (secondary N) is 2. The molecule has 6 rings (SSSR count). The Morgan fingerprint density at radius 3 is 2.42 bits per heavy atom. The molecule has 3 aliphatic rings. The number of hydrogen-bond donors (Lipinski definition) is 2. The molecule has 2 aromatic carbocycles. The van der Waals surface area contributed by atoms with E-state index in [0.29, 0.717) is 19.5 Å². The van der Waals surface area contributed by atoms with Crippen molar-refractivity contribution in [2.45, 2.75) is 81.2 Å². The molecule has 1 unspecified atom stereocenters. The molecule has 1 aliphatic heterocycles. The van der Waals surface area contributed by atoms with Crippen molar-refractivity contribution in [1.29, 1.82) is 0 Å². The fourth-order valence-corrected chi connectivity index (χ4v) is 7.88. The molecule has 2 atom stereocenters. The van der Waals surface area contributed by atoms with Crippen LogP contribution in [0.2, 0.25) is 0 Å². The summed E-state index contributed by atoms with van der Waals surface area (Å²) in [6.07, 6.45) is 10.3. The Balaban J connectivity index is 1.21. The van der Waals surface area contributed by atoms with Crippen LogP contribution in [0.4, 0.5) is 4.79 Å². The summed E-state index contributed by atoms with van der Waals surface area (Å²) in [4.78, 5) is 49.7. The SMILES string of the molecule is CN(C)C(=O)[C@@H]1CC2(CCN(C(=O)C(Cc3c[nH]c4ccccc34)NC(=O)N(C)C3CCCCC3)CC2)c2ccccc21. The van der Waals surface area contributed by atoms with E-state index in [9.17, 15) is 14.4 Å². The summed E-state index contributed by atoms with van der Waals surface area (Å²) in [5.74, 6) is -0.0261.